The first-order chi connectivity index (χ1) is 13.2. The van der Waals surface area contributed by atoms with Crippen LogP contribution in [-0.4, -0.2) is 28.6 Å². The molecular weight excluding hydrogens is 354 g/mol. The molecule has 0 saturated carbocycles. The van der Waals surface area contributed by atoms with Crippen LogP contribution in [0.2, 0.25) is 0 Å². The van der Waals surface area contributed by atoms with Crippen molar-refractivity contribution in [1.82, 2.24) is 5.32 Å². The first-order valence-corrected chi connectivity index (χ1v) is 8.47. The third kappa shape index (κ3) is 5.91. The van der Waals surface area contributed by atoms with E-state index in [1.54, 1.807) is 36.4 Å². The molecule has 0 aliphatic rings. The Kier molecular flexibility index (Phi) is 6.44. The van der Waals surface area contributed by atoms with Crippen molar-refractivity contribution in [2.24, 2.45) is 5.73 Å². The van der Waals surface area contributed by atoms with Gasteiger partial charge >= 0.3 is 5.97 Å². The van der Waals surface area contributed by atoms with Crippen molar-refractivity contribution in [3.63, 3.8) is 0 Å². The topological polar surface area (TPSA) is 118 Å². The predicted octanol–water partition coefficient (Wildman–Crippen LogP) is 1.59. The van der Waals surface area contributed by atoms with Crippen LogP contribution in [0.4, 0.5) is 5.69 Å². The molecule has 0 bridgehead atoms. The lowest BCUT2D eigenvalue weighted by Crippen LogP contribution is -2.58. The van der Waals surface area contributed by atoms with Gasteiger partial charge in [0.1, 0.15) is 6.04 Å². The number of benzene rings is 2. The van der Waals surface area contributed by atoms with Crippen LogP contribution in [-0.2, 0) is 4.79 Å². The van der Waals surface area contributed by atoms with Crippen LogP contribution in [0.5, 0.6) is 0 Å². The Morgan fingerprint density at radius 1 is 0.964 bits per heavy atom. The van der Waals surface area contributed by atoms with E-state index in [1.807, 2.05) is 12.1 Å². The number of carbonyl (C=O) groups excluding carboxylic acids is 1. The van der Waals surface area contributed by atoms with Crippen LogP contribution in [0.25, 0.3) is 0 Å². The first-order valence-electron chi connectivity index (χ1n) is 8.47. The summed E-state index contributed by atoms with van der Waals surface area (Å²) in [5, 5.41) is 11.7. The number of nitrogens with two attached hydrogens (primary N) is 2. The minimum absolute atomic E-state index is 0.314. The van der Waals surface area contributed by atoms with E-state index >= 15 is 0 Å². The van der Waals surface area contributed by atoms with Crippen molar-refractivity contribution in [3.05, 3.63) is 65.2 Å². The van der Waals surface area contributed by atoms with Gasteiger partial charge in [-0.15, -0.1) is 0 Å². The Morgan fingerprint density at radius 3 is 1.86 bits per heavy atom. The van der Waals surface area contributed by atoms with Crippen molar-refractivity contribution in [1.29, 1.82) is 0 Å². The number of carboxylic acid groups (broad SMARTS) is 1. The maximum Gasteiger partial charge on any atom is 0.328 e. The molecule has 0 aromatic heterocycles. The fourth-order valence-electron chi connectivity index (χ4n) is 2.26. The Labute approximate surface area is 163 Å². The maximum atomic E-state index is 12.3. The zero-order chi connectivity index (χ0) is 20.7. The number of carboxylic acids is 1. The second kappa shape index (κ2) is 8.77. The van der Waals surface area contributed by atoms with Gasteiger partial charge in [-0.1, -0.05) is 11.8 Å². The molecule has 6 nitrogen and oxygen atoms in total. The number of aliphatic carboxylic acids is 1. The normalized spacial score (nSPS) is 11.2. The maximum absolute atomic E-state index is 12.3. The highest BCUT2D eigenvalue weighted by molar-refractivity contribution is 5.97. The van der Waals surface area contributed by atoms with E-state index in [-0.39, 0.29) is 0 Å². The Morgan fingerprint density at radius 2 is 1.43 bits per heavy atom. The quantitative estimate of drug-likeness (QED) is 0.478. The van der Waals surface area contributed by atoms with Crippen LogP contribution in [0.15, 0.2) is 48.5 Å². The first kappa shape index (κ1) is 20.6. The van der Waals surface area contributed by atoms with Crippen molar-refractivity contribution >= 4 is 17.6 Å². The Bertz CT molecular complexity index is 980. The standard InChI is InChI=1S/C22H21N3O3/c1-22(2,24)19(21(27)28)25-20(26)17-11-7-15(8-12-17)5-3-4-6-16-9-13-18(23)14-10-16/h7-14,19H,23-24H2,1-2H3,(H,25,26)(H,27,28)/t19-/m1/s1. The SMILES string of the molecule is CC(C)(N)[C@H](NC(=O)c1ccc(C#CC#Cc2ccc(N)cc2)cc1)C(=O)O. The van der Waals surface area contributed by atoms with Crippen LogP contribution < -0.4 is 16.8 Å². The molecule has 2 rings (SSSR count). The second-order valence-electron chi connectivity index (χ2n) is 6.77. The average molecular weight is 375 g/mol. The summed E-state index contributed by atoms with van der Waals surface area (Å²) in [6.07, 6.45) is 0. The minimum Gasteiger partial charge on any atom is -0.480 e. The van der Waals surface area contributed by atoms with Gasteiger partial charge in [-0.3, -0.25) is 4.79 Å². The summed E-state index contributed by atoms with van der Waals surface area (Å²) >= 11 is 0. The summed E-state index contributed by atoms with van der Waals surface area (Å²) in [6, 6.07) is 12.4. The van der Waals surface area contributed by atoms with E-state index in [9.17, 15) is 14.7 Å². The summed E-state index contributed by atoms with van der Waals surface area (Å²) in [5.41, 5.74) is 12.8. The third-order valence-corrected chi connectivity index (χ3v) is 3.80. The van der Waals surface area contributed by atoms with Crippen LogP contribution in [0.3, 0.4) is 0 Å². The number of hydrogen-bond donors (Lipinski definition) is 4. The number of nitrogen functional groups attached to an aromatic ring is 1. The fourth-order valence-corrected chi connectivity index (χ4v) is 2.26. The molecule has 0 spiro atoms. The zero-order valence-corrected chi connectivity index (χ0v) is 15.6. The number of anilines is 1. The van der Waals surface area contributed by atoms with Crippen LogP contribution in [0, 0.1) is 23.7 Å². The van der Waals surface area contributed by atoms with Gasteiger partial charge < -0.3 is 21.9 Å². The van der Waals surface area contributed by atoms with Gasteiger partial charge in [-0.2, -0.15) is 0 Å². The van der Waals surface area contributed by atoms with Gasteiger partial charge in [-0.25, -0.2) is 4.79 Å². The summed E-state index contributed by atoms with van der Waals surface area (Å²) in [7, 11) is 0. The summed E-state index contributed by atoms with van der Waals surface area (Å²) in [5.74, 6) is 9.57. The number of amides is 1. The Balaban J connectivity index is 2.05. The third-order valence-electron chi connectivity index (χ3n) is 3.80. The molecular formula is C22H21N3O3. The summed E-state index contributed by atoms with van der Waals surface area (Å²) in [4.78, 5) is 23.6. The summed E-state index contributed by atoms with van der Waals surface area (Å²) in [6.45, 7) is 3.08. The smallest absolute Gasteiger partial charge is 0.328 e. The van der Waals surface area contributed by atoms with Crippen molar-refractivity contribution in [2.75, 3.05) is 5.73 Å². The van der Waals surface area contributed by atoms with Crippen molar-refractivity contribution in [2.45, 2.75) is 25.4 Å². The fraction of sp³-hybridized carbons (Fsp3) is 0.182. The molecule has 1 atom stereocenters. The van der Waals surface area contributed by atoms with E-state index in [1.165, 1.54) is 13.8 Å². The molecule has 2 aromatic rings. The van der Waals surface area contributed by atoms with E-state index in [0.717, 1.165) is 5.56 Å². The predicted molar refractivity (Wildman–Crippen MR) is 108 cm³/mol. The van der Waals surface area contributed by atoms with E-state index in [4.69, 9.17) is 11.5 Å². The molecule has 0 unspecified atom stereocenters. The van der Waals surface area contributed by atoms with Gasteiger partial charge in [0.05, 0.1) is 0 Å². The lowest BCUT2D eigenvalue weighted by Gasteiger charge is -2.27. The lowest BCUT2D eigenvalue weighted by atomic mass is 9.95. The number of rotatable bonds is 4. The zero-order valence-electron chi connectivity index (χ0n) is 15.6. The molecule has 0 saturated heterocycles. The van der Waals surface area contributed by atoms with E-state index in [0.29, 0.717) is 16.8 Å². The van der Waals surface area contributed by atoms with Gasteiger partial charge in [0, 0.05) is 27.9 Å². The molecule has 0 fully saturated rings. The van der Waals surface area contributed by atoms with Gasteiger partial charge in [0.15, 0.2) is 0 Å². The van der Waals surface area contributed by atoms with E-state index in [2.05, 4.69) is 29.0 Å². The molecule has 1 amide bonds. The minimum atomic E-state index is -1.21. The highest BCUT2D eigenvalue weighted by Gasteiger charge is 2.33. The molecule has 6 heteroatoms. The second-order valence-corrected chi connectivity index (χ2v) is 6.77. The van der Waals surface area contributed by atoms with Gasteiger partial charge in [0.25, 0.3) is 5.91 Å². The number of carbonyl (C=O) groups is 2. The van der Waals surface area contributed by atoms with Gasteiger partial charge in [0.2, 0.25) is 0 Å². The molecule has 0 aliphatic carbocycles. The molecule has 0 radical (unpaired) electrons. The lowest BCUT2D eigenvalue weighted by molar-refractivity contribution is -0.140. The van der Waals surface area contributed by atoms with E-state index < -0.39 is 23.5 Å². The molecule has 2 aromatic carbocycles. The highest BCUT2D eigenvalue weighted by atomic mass is 16.4. The summed E-state index contributed by atoms with van der Waals surface area (Å²) < 4.78 is 0. The number of nitrogens with one attached hydrogen (secondary N) is 1. The average Bonchev–Trinajstić information content (AvgIpc) is 2.64. The monoisotopic (exact) mass is 375 g/mol. The van der Waals surface area contributed by atoms with Gasteiger partial charge in [-0.05, 0) is 74.2 Å². The van der Waals surface area contributed by atoms with Crippen LogP contribution >= 0.6 is 0 Å². The Hall–Kier alpha value is -3.74. The molecule has 0 aliphatic heterocycles. The molecule has 0 heterocycles. The molecule has 28 heavy (non-hydrogen) atoms. The number of hydrogen-bond acceptors (Lipinski definition) is 4. The largest absolute Gasteiger partial charge is 0.480 e. The highest BCUT2D eigenvalue weighted by Crippen LogP contribution is 2.09. The molecule has 6 N–H and O–H groups in total. The van der Waals surface area contributed by atoms with Crippen LogP contribution in [0.1, 0.15) is 35.3 Å². The van der Waals surface area contributed by atoms with Crippen molar-refractivity contribution in [3.8, 4) is 23.7 Å². The van der Waals surface area contributed by atoms with Crippen molar-refractivity contribution < 1.29 is 14.7 Å². The molecule has 142 valence electrons.